The van der Waals surface area contributed by atoms with E-state index in [9.17, 15) is 14.7 Å². The van der Waals surface area contributed by atoms with Gasteiger partial charge in [-0.2, -0.15) is 0 Å². The van der Waals surface area contributed by atoms with Crippen molar-refractivity contribution in [2.45, 2.75) is 49.7 Å². The molecule has 0 bridgehead atoms. The van der Waals surface area contributed by atoms with E-state index in [1.807, 2.05) is 0 Å². The summed E-state index contributed by atoms with van der Waals surface area (Å²) in [5.74, 6) is -1.59. The zero-order valence-corrected chi connectivity index (χ0v) is 17.5. The maximum absolute atomic E-state index is 13.7. The molecule has 0 spiro atoms. The first kappa shape index (κ1) is 20.7. The lowest BCUT2D eigenvalue weighted by molar-refractivity contribution is -0.141. The van der Waals surface area contributed by atoms with E-state index in [0.29, 0.717) is 21.9 Å². The Hall–Kier alpha value is -2.57. The van der Waals surface area contributed by atoms with Crippen LogP contribution in [0, 0.1) is 0 Å². The highest BCUT2D eigenvalue weighted by atomic mass is 35.5. The van der Waals surface area contributed by atoms with Crippen LogP contribution in [0.1, 0.15) is 59.1 Å². The normalized spacial score (nSPS) is 26.2. The maximum atomic E-state index is 13.7. The predicted molar refractivity (Wildman–Crippen MR) is 114 cm³/mol. The van der Waals surface area contributed by atoms with Crippen LogP contribution >= 0.6 is 11.6 Å². The average molecular weight is 429 g/mol. The number of fused-ring (bicyclic) bond motifs is 1. The third kappa shape index (κ3) is 3.55. The van der Waals surface area contributed by atoms with Gasteiger partial charge in [0.15, 0.2) is 0 Å². The number of methoxy groups -OCH3 is 1. The van der Waals surface area contributed by atoms with Gasteiger partial charge in [0.25, 0.3) is 5.91 Å². The molecule has 1 amide bonds. The van der Waals surface area contributed by atoms with Crippen molar-refractivity contribution in [2.24, 2.45) is 5.73 Å². The number of amides is 1. The van der Waals surface area contributed by atoms with Crippen molar-refractivity contribution in [3.63, 3.8) is 0 Å². The molecular weight excluding hydrogens is 404 g/mol. The smallest absolute Gasteiger partial charge is 0.313 e. The molecule has 4 rings (SSSR count). The van der Waals surface area contributed by atoms with Gasteiger partial charge in [0.1, 0.15) is 11.7 Å². The number of carbonyl (C=O) groups is 2. The van der Waals surface area contributed by atoms with Crippen molar-refractivity contribution in [1.82, 2.24) is 4.90 Å². The van der Waals surface area contributed by atoms with Crippen LogP contribution in [-0.4, -0.2) is 41.1 Å². The minimum absolute atomic E-state index is 0.195. The van der Waals surface area contributed by atoms with E-state index in [0.717, 1.165) is 31.2 Å². The fourth-order valence-corrected chi connectivity index (χ4v) is 4.96. The number of hydrogen-bond donors (Lipinski definition) is 2. The van der Waals surface area contributed by atoms with E-state index in [1.54, 1.807) is 47.4 Å². The summed E-state index contributed by atoms with van der Waals surface area (Å²) in [7, 11) is 1.52. The number of carboxylic acids is 1. The molecule has 6 nitrogen and oxygen atoms in total. The average Bonchev–Trinajstić information content (AvgIpc) is 2.74. The summed E-state index contributed by atoms with van der Waals surface area (Å²) < 4.78 is 5.29. The monoisotopic (exact) mass is 428 g/mol. The molecule has 1 aliphatic carbocycles. The summed E-state index contributed by atoms with van der Waals surface area (Å²) in [5, 5.41) is 10.8. The predicted octanol–water partition coefficient (Wildman–Crippen LogP) is 3.98. The van der Waals surface area contributed by atoms with Gasteiger partial charge in [0.2, 0.25) is 0 Å². The van der Waals surface area contributed by atoms with Crippen LogP contribution < -0.4 is 10.5 Å². The highest BCUT2D eigenvalue weighted by Gasteiger charge is 2.48. The van der Waals surface area contributed by atoms with Gasteiger partial charge in [-0.15, -0.1) is 0 Å². The van der Waals surface area contributed by atoms with Crippen molar-refractivity contribution in [3.8, 4) is 5.75 Å². The Bertz CT molecular complexity index is 962. The Morgan fingerprint density at radius 2 is 1.87 bits per heavy atom. The first-order chi connectivity index (χ1) is 14.4. The number of nitrogens with two attached hydrogens (primary N) is 1. The second-order valence-electron chi connectivity index (χ2n) is 7.99. The number of aliphatic carboxylic acids is 1. The van der Waals surface area contributed by atoms with Gasteiger partial charge in [-0.25, -0.2) is 0 Å². The van der Waals surface area contributed by atoms with Gasteiger partial charge in [0.05, 0.1) is 13.2 Å². The molecule has 1 aliphatic heterocycles. The molecule has 3 N–H and O–H groups in total. The number of carbonyl (C=O) groups excluding carboxylic acids is 1. The SMILES string of the molecule is COc1ccc2c(c1)C(=O)N([C@H]1CCCC[C@@H]1N)[C@@H](c1ccc(Cl)cc1)[C@@H]2C(=O)O. The largest absolute Gasteiger partial charge is 0.497 e. The molecule has 4 atom stereocenters. The van der Waals surface area contributed by atoms with Gasteiger partial charge in [0, 0.05) is 22.7 Å². The fourth-order valence-electron chi connectivity index (χ4n) is 4.84. The number of halogens is 1. The highest BCUT2D eigenvalue weighted by Crippen LogP contribution is 2.46. The zero-order chi connectivity index (χ0) is 21.4. The van der Waals surface area contributed by atoms with Crippen molar-refractivity contribution in [2.75, 3.05) is 7.11 Å². The topological polar surface area (TPSA) is 92.9 Å². The van der Waals surface area contributed by atoms with Gasteiger partial charge < -0.3 is 20.5 Å². The van der Waals surface area contributed by atoms with Gasteiger partial charge in [-0.1, -0.05) is 42.6 Å². The minimum atomic E-state index is -0.983. The number of benzene rings is 2. The van der Waals surface area contributed by atoms with E-state index in [-0.39, 0.29) is 18.0 Å². The van der Waals surface area contributed by atoms with E-state index in [1.165, 1.54) is 7.11 Å². The zero-order valence-electron chi connectivity index (χ0n) is 16.8. The van der Waals surface area contributed by atoms with Gasteiger partial charge in [-0.3, -0.25) is 9.59 Å². The lowest BCUT2D eigenvalue weighted by atomic mass is 9.77. The van der Waals surface area contributed by atoms with Crippen molar-refractivity contribution in [3.05, 3.63) is 64.2 Å². The Kier molecular flexibility index (Phi) is 5.71. The molecule has 158 valence electrons. The molecule has 30 heavy (non-hydrogen) atoms. The first-order valence-corrected chi connectivity index (χ1v) is 10.5. The van der Waals surface area contributed by atoms with Crippen LogP contribution in [0.15, 0.2) is 42.5 Å². The van der Waals surface area contributed by atoms with Crippen molar-refractivity contribution < 1.29 is 19.4 Å². The molecule has 0 aromatic heterocycles. The quantitative estimate of drug-likeness (QED) is 0.768. The summed E-state index contributed by atoms with van der Waals surface area (Å²) in [4.78, 5) is 28.0. The summed E-state index contributed by atoms with van der Waals surface area (Å²) in [6, 6.07) is 11.0. The van der Waals surface area contributed by atoms with E-state index in [4.69, 9.17) is 22.1 Å². The van der Waals surface area contributed by atoms with Crippen LogP contribution in [0.4, 0.5) is 0 Å². The highest BCUT2D eigenvalue weighted by molar-refractivity contribution is 6.30. The number of nitrogens with zero attached hydrogens (tertiary/aromatic N) is 1. The molecule has 7 heteroatoms. The van der Waals surface area contributed by atoms with Crippen molar-refractivity contribution >= 4 is 23.5 Å². The Morgan fingerprint density at radius 3 is 2.50 bits per heavy atom. The summed E-state index contributed by atoms with van der Waals surface area (Å²) in [6.45, 7) is 0. The molecule has 1 saturated carbocycles. The first-order valence-electron chi connectivity index (χ1n) is 10.2. The molecule has 0 unspecified atom stereocenters. The third-order valence-electron chi connectivity index (χ3n) is 6.29. The standard InChI is InChI=1S/C23H25ClN2O4/c1-30-15-10-11-16-17(12-15)22(27)26(19-5-3-2-4-18(19)25)21(20(16)23(28)29)13-6-8-14(24)9-7-13/h6-12,18-21H,2-5,25H2,1H3,(H,28,29)/t18-,19-,20+,21-/m0/s1. The van der Waals surface area contributed by atoms with E-state index < -0.39 is 17.9 Å². The van der Waals surface area contributed by atoms with Crippen LogP contribution in [-0.2, 0) is 4.79 Å². The summed E-state index contributed by atoms with van der Waals surface area (Å²) >= 11 is 6.07. The molecule has 2 aromatic carbocycles. The summed E-state index contributed by atoms with van der Waals surface area (Å²) in [6.07, 6.45) is 3.53. The van der Waals surface area contributed by atoms with Crippen molar-refractivity contribution in [1.29, 1.82) is 0 Å². The molecule has 0 saturated heterocycles. The second-order valence-corrected chi connectivity index (χ2v) is 8.43. The lowest BCUT2D eigenvalue weighted by Crippen LogP contribution is -2.56. The molecular formula is C23H25ClN2O4. The molecule has 1 heterocycles. The Balaban J connectivity index is 1.92. The fraction of sp³-hybridized carbons (Fsp3) is 0.391. The number of rotatable bonds is 4. The minimum Gasteiger partial charge on any atom is -0.497 e. The molecule has 1 fully saturated rings. The number of ether oxygens (including phenoxy) is 1. The van der Waals surface area contributed by atoms with E-state index >= 15 is 0 Å². The second kappa shape index (κ2) is 8.28. The molecule has 0 radical (unpaired) electrons. The molecule has 2 aromatic rings. The van der Waals surface area contributed by atoms with Gasteiger partial charge >= 0.3 is 5.97 Å². The third-order valence-corrected chi connectivity index (χ3v) is 6.54. The van der Waals surface area contributed by atoms with Gasteiger partial charge in [-0.05, 0) is 48.2 Å². The van der Waals surface area contributed by atoms with Crippen LogP contribution in [0.3, 0.4) is 0 Å². The number of carboxylic acid groups (broad SMARTS) is 1. The Morgan fingerprint density at radius 1 is 1.17 bits per heavy atom. The van der Waals surface area contributed by atoms with Crippen LogP contribution in [0.25, 0.3) is 0 Å². The maximum Gasteiger partial charge on any atom is 0.313 e. The lowest BCUT2D eigenvalue weighted by Gasteiger charge is -2.48. The Labute approximate surface area is 180 Å². The number of hydrogen-bond acceptors (Lipinski definition) is 4. The van der Waals surface area contributed by atoms with Crippen LogP contribution in [0.2, 0.25) is 5.02 Å². The summed E-state index contributed by atoms with van der Waals surface area (Å²) in [5.41, 5.74) is 8.04. The van der Waals surface area contributed by atoms with E-state index in [2.05, 4.69) is 0 Å². The molecule has 2 aliphatic rings. The van der Waals surface area contributed by atoms with Crippen LogP contribution in [0.5, 0.6) is 5.75 Å².